The second-order valence-corrected chi connectivity index (χ2v) is 8.51. The van der Waals surface area contributed by atoms with Crippen molar-refractivity contribution in [3.05, 3.63) is 65.8 Å². The second kappa shape index (κ2) is 12.0. The van der Waals surface area contributed by atoms with Crippen molar-refractivity contribution in [2.24, 2.45) is 0 Å². The lowest BCUT2D eigenvalue weighted by Gasteiger charge is -2.23. The summed E-state index contributed by atoms with van der Waals surface area (Å²) in [5.41, 5.74) is 2.54. The zero-order valence-corrected chi connectivity index (χ0v) is 21.7. The van der Waals surface area contributed by atoms with Crippen molar-refractivity contribution in [2.75, 3.05) is 24.4 Å². The van der Waals surface area contributed by atoms with E-state index in [2.05, 4.69) is 36.1 Å². The standard InChI is InChI=1S/C25H24B3N7O4/c1-4-38-13-21-33-23(35-39-21)15-6-5-7-17(22(15)37-3)31-18-11-20(32-19-10-14(2)8-9-29-19)30-12-16(18)24(36)34-25(26,27)28/h5-12H,4,13H2,1-3H3,(H,34,36)(H2,29,30,31,32). The minimum absolute atomic E-state index is 0.120. The molecule has 0 aliphatic carbocycles. The lowest BCUT2D eigenvalue weighted by atomic mass is 9.49. The van der Waals surface area contributed by atoms with Crippen molar-refractivity contribution >= 4 is 52.5 Å². The Morgan fingerprint density at radius 3 is 2.59 bits per heavy atom. The van der Waals surface area contributed by atoms with E-state index in [4.69, 9.17) is 37.5 Å². The molecule has 0 saturated carbocycles. The van der Waals surface area contributed by atoms with Crippen LogP contribution in [0.25, 0.3) is 11.4 Å². The van der Waals surface area contributed by atoms with E-state index in [-0.39, 0.29) is 12.2 Å². The lowest BCUT2D eigenvalue weighted by molar-refractivity contribution is 0.0953. The van der Waals surface area contributed by atoms with Gasteiger partial charge < -0.3 is 29.9 Å². The van der Waals surface area contributed by atoms with Gasteiger partial charge in [-0.1, -0.05) is 16.5 Å². The molecule has 3 heterocycles. The first-order chi connectivity index (χ1) is 18.7. The topological polar surface area (TPSA) is 136 Å². The molecule has 0 spiro atoms. The molecule has 0 aliphatic rings. The van der Waals surface area contributed by atoms with E-state index in [0.29, 0.717) is 52.6 Å². The fraction of sp³-hybridized carbons (Fsp3) is 0.240. The summed E-state index contributed by atoms with van der Waals surface area (Å²) >= 11 is 0. The summed E-state index contributed by atoms with van der Waals surface area (Å²) in [5, 5.41) is 10.8. The molecule has 11 nitrogen and oxygen atoms in total. The molecule has 4 aromatic rings. The minimum atomic E-state index is -1.94. The third-order valence-corrected chi connectivity index (χ3v) is 5.28. The zero-order valence-electron chi connectivity index (χ0n) is 21.7. The Kier molecular flexibility index (Phi) is 8.55. The number of para-hydroxylation sites is 1. The van der Waals surface area contributed by atoms with Crippen molar-refractivity contribution in [3.8, 4) is 17.1 Å². The number of methoxy groups -OCH3 is 1. The van der Waals surface area contributed by atoms with E-state index in [1.165, 1.54) is 13.3 Å². The number of nitrogens with zero attached hydrogens (tertiary/aromatic N) is 4. The maximum atomic E-state index is 13.0. The molecule has 0 saturated heterocycles. The largest absolute Gasteiger partial charge is 0.494 e. The zero-order chi connectivity index (χ0) is 28.0. The average Bonchev–Trinajstić information content (AvgIpc) is 3.35. The molecule has 0 fully saturated rings. The van der Waals surface area contributed by atoms with Crippen LogP contribution < -0.4 is 20.7 Å². The molecule has 0 bridgehead atoms. The van der Waals surface area contributed by atoms with Gasteiger partial charge in [0.05, 0.1) is 53.2 Å². The van der Waals surface area contributed by atoms with Gasteiger partial charge >= 0.3 is 0 Å². The Morgan fingerprint density at radius 1 is 1.08 bits per heavy atom. The highest BCUT2D eigenvalue weighted by molar-refractivity contribution is 6.60. The van der Waals surface area contributed by atoms with Crippen LogP contribution in [0.15, 0.2) is 53.3 Å². The van der Waals surface area contributed by atoms with Gasteiger partial charge in [-0.3, -0.25) is 4.79 Å². The summed E-state index contributed by atoms with van der Waals surface area (Å²) in [7, 11) is 18.3. The molecule has 4 rings (SSSR count). The van der Waals surface area contributed by atoms with Gasteiger partial charge in [-0.25, -0.2) is 9.97 Å². The van der Waals surface area contributed by atoms with Crippen LogP contribution in [0.3, 0.4) is 0 Å². The van der Waals surface area contributed by atoms with Gasteiger partial charge in [-0.05, 0) is 43.7 Å². The van der Waals surface area contributed by atoms with E-state index in [1.807, 2.05) is 26.0 Å². The fourth-order valence-electron chi connectivity index (χ4n) is 3.60. The number of carbonyl (C=O) groups is 1. The Bertz CT molecular complexity index is 1460. The van der Waals surface area contributed by atoms with E-state index < -0.39 is 11.1 Å². The number of carbonyl (C=O) groups excluding carboxylic acids is 1. The minimum Gasteiger partial charge on any atom is -0.494 e. The highest BCUT2D eigenvalue weighted by Gasteiger charge is 2.21. The molecule has 0 unspecified atom stereocenters. The first kappa shape index (κ1) is 27.7. The van der Waals surface area contributed by atoms with Gasteiger partial charge in [0.2, 0.25) is 5.82 Å². The first-order valence-electron chi connectivity index (χ1n) is 11.9. The molecule has 1 aromatic carbocycles. The Balaban J connectivity index is 1.72. The molecule has 0 atom stereocenters. The van der Waals surface area contributed by atoms with Crippen LogP contribution in [0.1, 0.15) is 28.7 Å². The van der Waals surface area contributed by atoms with Crippen molar-refractivity contribution in [2.45, 2.75) is 25.7 Å². The maximum absolute atomic E-state index is 13.0. The molecule has 3 aromatic heterocycles. The van der Waals surface area contributed by atoms with E-state index in [0.717, 1.165) is 5.56 Å². The third kappa shape index (κ3) is 7.17. The summed E-state index contributed by atoms with van der Waals surface area (Å²) in [4.78, 5) is 26.0. The van der Waals surface area contributed by atoms with Crippen LogP contribution >= 0.6 is 0 Å². The number of hydrogen-bond acceptors (Lipinski definition) is 10. The molecular weight excluding hydrogens is 495 g/mol. The number of nitrogens with one attached hydrogen (secondary N) is 3. The van der Waals surface area contributed by atoms with Gasteiger partial charge in [-0.2, -0.15) is 4.98 Å². The predicted molar refractivity (Wildman–Crippen MR) is 149 cm³/mol. The highest BCUT2D eigenvalue weighted by atomic mass is 16.5. The van der Waals surface area contributed by atoms with Gasteiger partial charge in [0.1, 0.15) is 18.2 Å². The molecular formula is C25H24B3N7O4. The van der Waals surface area contributed by atoms with Crippen LogP contribution in [-0.4, -0.2) is 68.5 Å². The average molecular weight is 519 g/mol. The molecule has 14 heteroatoms. The molecule has 192 valence electrons. The lowest BCUT2D eigenvalue weighted by Crippen LogP contribution is -2.50. The Hall–Kier alpha value is -4.32. The fourth-order valence-corrected chi connectivity index (χ4v) is 3.60. The quantitative estimate of drug-likeness (QED) is 0.254. The first-order valence-corrected chi connectivity index (χ1v) is 11.9. The van der Waals surface area contributed by atoms with Gasteiger partial charge in [0.25, 0.3) is 11.8 Å². The number of aromatic nitrogens is 4. The molecule has 0 aliphatic heterocycles. The van der Waals surface area contributed by atoms with Gasteiger partial charge in [0.15, 0.2) is 5.75 Å². The smallest absolute Gasteiger partial charge is 0.253 e. The predicted octanol–water partition coefficient (Wildman–Crippen LogP) is 2.71. The Morgan fingerprint density at radius 2 is 1.87 bits per heavy atom. The summed E-state index contributed by atoms with van der Waals surface area (Å²) in [6, 6.07) is 10.7. The van der Waals surface area contributed by atoms with Crippen LogP contribution in [0, 0.1) is 6.92 Å². The number of anilines is 4. The molecule has 1 amide bonds. The number of aryl methyl sites for hydroxylation is 1. The monoisotopic (exact) mass is 519 g/mol. The number of benzene rings is 1. The normalized spacial score (nSPS) is 11.2. The summed E-state index contributed by atoms with van der Waals surface area (Å²) < 4.78 is 16.3. The SMILES string of the molecule is [B]C([B])([B])NC(=O)c1cnc(Nc2cc(C)ccn2)cc1Nc1cccc(-c2noc(COCC)n2)c1OC. The van der Waals surface area contributed by atoms with Crippen LogP contribution in [0.2, 0.25) is 0 Å². The number of pyridine rings is 2. The number of rotatable bonds is 11. The van der Waals surface area contributed by atoms with E-state index in [9.17, 15) is 4.79 Å². The van der Waals surface area contributed by atoms with Gasteiger partial charge in [-0.15, -0.1) is 0 Å². The van der Waals surface area contributed by atoms with Crippen LogP contribution in [0.4, 0.5) is 23.0 Å². The van der Waals surface area contributed by atoms with Crippen molar-refractivity contribution in [1.29, 1.82) is 0 Å². The molecule has 3 N–H and O–H groups in total. The molecule has 39 heavy (non-hydrogen) atoms. The summed E-state index contributed by atoms with van der Waals surface area (Å²) in [6.07, 6.45) is 3.03. The Labute approximate surface area is 229 Å². The van der Waals surface area contributed by atoms with E-state index in [1.54, 1.807) is 30.5 Å². The highest BCUT2D eigenvalue weighted by Crippen LogP contribution is 2.37. The van der Waals surface area contributed by atoms with Crippen molar-refractivity contribution in [1.82, 2.24) is 25.4 Å². The van der Waals surface area contributed by atoms with Crippen LogP contribution in [-0.2, 0) is 11.3 Å². The van der Waals surface area contributed by atoms with E-state index >= 15 is 0 Å². The van der Waals surface area contributed by atoms with Crippen LogP contribution in [0.5, 0.6) is 5.75 Å². The third-order valence-electron chi connectivity index (χ3n) is 5.28. The van der Waals surface area contributed by atoms with Crippen molar-refractivity contribution < 1.29 is 18.8 Å². The van der Waals surface area contributed by atoms with Crippen molar-refractivity contribution in [3.63, 3.8) is 0 Å². The number of hydrogen-bond donors (Lipinski definition) is 3. The second-order valence-electron chi connectivity index (χ2n) is 8.51. The summed E-state index contributed by atoms with van der Waals surface area (Å²) in [6.45, 7) is 4.52. The maximum Gasteiger partial charge on any atom is 0.253 e. The summed E-state index contributed by atoms with van der Waals surface area (Å²) in [5.74, 6) is 1.40. The number of ether oxygens (including phenoxy) is 2. The molecule has 6 radical (unpaired) electrons. The van der Waals surface area contributed by atoms with Gasteiger partial charge in [0, 0.05) is 25.1 Å². The number of amides is 1.